The van der Waals surface area contributed by atoms with Gasteiger partial charge >= 0.3 is 0 Å². The number of amides is 1. The predicted molar refractivity (Wildman–Crippen MR) is 103 cm³/mol. The van der Waals surface area contributed by atoms with Gasteiger partial charge in [-0.2, -0.15) is 0 Å². The van der Waals surface area contributed by atoms with Crippen LogP contribution >= 0.6 is 46.3 Å². The third kappa shape index (κ3) is 4.51. The van der Waals surface area contributed by atoms with Gasteiger partial charge in [0, 0.05) is 28.7 Å². The number of pyridine rings is 1. The molecule has 3 rings (SSSR count). The molecule has 7 heteroatoms. The highest BCUT2D eigenvalue weighted by Gasteiger charge is 2.14. The Labute approximate surface area is 158 Å². The highest BCUT2D eigenvalue weighted by atomic mass is 35.5. The molecule has 0 aliphatic rings. The number of rotatable bonds is 5. The van der Waals surface area contributed by atoms with Crippen LogP contribution in [0, 0.1) is 0 Å². The van der Waals surface area contributed by atoms with E-state index in [0.717, 1.165) is 10.6 Å². The first-order valence-corrected chi connectivity index (χ1v) is 9.55. The van der Waals surface area contributed by atoms with E-state index in [9.17, 15) is 4.79 Å². The van der Waals surface area contributed by atoms with E-state index in [1.165, 1.54) is 16.9 Å². The summed E-state index contributed by atoms with van der Waals surface area (Å²) in [5.41, 5.74) is 2.27. The van der Waals surface area contributed by atoms with Crippen LogP contribution in [0.4, 0.5) is 5.69 Å². The maximum absolute atomic E-state index is 12.2. The van der Waals surface area contributed by atoms with E-state index < -0.39 is 0 Å². The first-order chi connectivity index (χ1) is 11.6. The second kappa shape index (κ2) is 8.03. The molecular weight excluding hydrogens is 383 g/mol. The van der Waals surface area contributed by atoms with Gasteiger partial charge in [0.2, 0.25) is 0 Å². The number of anilines is 1. The summed E-state index contributed by atoms with van der Waals surface area (Å²) in [6.07, 6.45) is 3.62. The standard InChI is InChI=1S/C17H12Cl2N2OS2/c18-15-8-14(16(19)24-15)17(22)21-12-3-5-13(6-4-12)23-10-11-2-1-7-20-9-11/h1-9H,10H2,(H,21,22). The number of hydrogen-bond donors (Lipinski definition) is 1. The highest BCUT2D eigenvalue weighted by Crippen LogP contribution is 2.31. The van der Waals surface area contributed by atoms with Crippen LogP contribution in [0.15, 0.2) is 59.8 Å². The predicted octanol–water partition coefficient (Wildman–Crippen LogP) is 5.99. The van der Waals surface area contributed by atoms with Crippen LogP contribution in [0.2, 0.25) is 8.67 Å². The molecule has 0 unspecified atom stereocenters. The van der Waals surface area contributed by atoms with Gasteiger partial charge in [-0.3, -0.25) is 9.78 Å². The number of nitrogens with zero attached hydrogens (tertiary/aromatic N) is 1. The number of carbonyl (C=O) groups is 1. The van der Waals surface area contributed by atoms with Crippen molar-refractivity contribution in [3.05, 3.63) is 74.7 Å². The number of aromatic nitrogens is 1. The Morgan fingerprint density at radius 2 is 2.00 bits per heavy atom. The fourth-order valence-corrected chi connectivity index (χ4v) is 4.27. The quantitative estimate of drug-likeness (QED) is 0.539. The molecule has 2 aromatic heterocycles. The van der Waals surface area contributed by atoms with E-state index in [4.69, 9.17) is 23.2 Å². The molecule has 3 aromatic rings. The molecule has 1 amide bonds. The van der Waals surface area contributed by atoms with E-state index in [1.54, 1.807) is 24.0 Å². The molecule has 0 aliphatic heterocycles. The van der Waals surface area contributed by atoms with Crippen LogP contribution < -0.4 is 5.32 Å². The molecule has 0 bridgehead atoms. The summed E-state index contributed by atoms with van der Waals surface area (Å²) >= 11 is 14.8. The van der Waals surface area contributed by atoms with Gasteiger partial charge in [0.25, 0.3) is 5.91 Å². The van der Waals surface area contributed by atoms with Gasteiger partial charge in [0.15, 0.2) is 0 Å². The van der Waals surface area contributed by atoms with Crippen LogP contribution in [-0.4, -0.2) is 10.9 Å². The summed E-state index contributed by atoms with van der Waals surface area (Å²) in [6, 6.07) is 13.2. The van der Waals surface area contributed by atoms with Gasteiger partial charge in [0.05, 0.1) is 9.90 Å². The molecule has 0 spiro atoms. The average Bonchev–Trinajstić information content (AvgIpc) is 2.94. The Morgan fingerprint density at radius 3 is 2.62 bits per heavy atom. The number of halogens is 2. The lowest BCUT2D eigenvalue weighted by molar-refractivity contribution is 0.102. The van der Waals surface area contributed by atoms with E-state index in [1.807, 2.05) is 42.6 Å². The van der Waals surface area contributed by atoms with Crippen molar-refractivity contribution in [3.8, 4) is 0 Å². The fraction of sp³-hybridized carbons (Fsp3) is 0.0588. The van der Waals surface area contributed by atoms with Gasteiger partial charge in [-0.25, -0.2) is 0 Å². The zero-order valence-corrected chi connectivity index (χ0v) is 15.5. The van der Waals surface area contributed by atoms with Gasteiger partial charge in [0.1, 0.15) is 4.34 Å². The van der Waals surface area contributed by atoms with E-state index in [0.29, 0.717) is 19.9 Å². The number of thiophene rings is 1. The summed E-state index contributed by atoms with van der Waals surface area (Å²) in [4.78, 5) is 17.4. The van der Waals surface area contributed by atoms with Crippen molar-refractivity contribution in [3.63, 3.8) is 0 Å². The van der Waals surface area contributed by atoms with Crippen molar-refractivity contribution in [1.82, 2.24) is 4.98 Å². The molecule has 24 heavy (non-hydrogen) atoms. The molecule has 0 saturated carbocycles. The van der Waals surface area contributed by atoms with Crippen molar-refractivity contribution < 1.29 is 4.79 Å². The van der Waals surface area contributed by atoms with Crippen LogP contribution in [-0.2, 0) is 5.75 Å². The molecular formula is C17H12Cl2N2OS2. The first-order valence-electron chi connectivity index (χ1n) is 7.00. The number of nitrogens with one attached hydrogen (secondary N) is 1. The molecule has 122 valence electrons. The minimum atomic E-state index is -0.265. The van der Waals surface area contributed by atoms with E-state index in [2.05, 4.69) is 10.3 Å². The molecule has 0 atom stereocenters. The van der Waals surface area contributed by atoms with E-state index in [-0.39, 0.29) is 5.91 Å². The fourth-order valence-electron chi connectivity index (χ4n) is 1.98. The van der Waals surface area contributed by atoms with Gasteiger partial charge in [-0.05, 0) is 42.0 Å². The summed E-state index contributed by atoms with van der Waals surface area (Å²) in [6.45, 7) is 0. The smallest absolute Gasteiger partial charge is 0.258 e. The number of hydrogen-bond acceptors (Lipinski definition) is 4. The Bertz CT molecular complexity index is 836. The number of thioether (sulfide) groups is 1. The normalized spacial score (nSPS) is 10.6. The Morgan fingerprint density at radius 1 is 1.21 bits per heavy atom. The van der Waals surface area contributed by atoms with Crippen molar-refractivity contribution in [2.24, 2.45) is 0 Å². The maximum Gasteiger partial charge on any atom is 0.258 e. The Hall–Kier alpha value is -1.53. The minimum absolute atomic E-state index is 0.265. The molecule has 0 saturated heterocycles. The van der Waals surface area contributed by atoms with Crippen molar-refractivity contribution in [1.29, 1.82) is 0 Å². The Kier molecular flexibility index (Phi) is 5.79. The molecule has 1 N–H and O–H groups in total. The molecule has 0 fully saturated rings. The SMILES string of the molecule is O=C(Nc1ccc(SCc2cccnc2)cc1)c1cc(Cl)sc1Cl. The zero-order valence-electron chi connectivity index (χ0n) is 12.3. The van der Waals surface area contributed by atoms with Crippen molar-refractivity contribution >= 4 is 57.9 Å². The second-order valence-corrected chi connectivity index (χ2v) is 8.20. The van der Waals surface area contributed by atoms with Crippen LogP contribution in [0.25, 0.3) is 0 Å². The first kappa shape index (κ1) is 17.3. The van der Waals surface area contributed by atoms with Gasteiger partial charge in [-0.15, -0.1) is 23.1 Å². The molecule has 2 heterocycles. The maximum atomic E-state index is 12.2. The van der Waals surface area contributed by atoms with Crippen molar-refractivity contribution in [2.45, 2.75) is 10.6 Å². The highest BCUT2D eigenvalue weighted by molar-refractivity contribution is 7.98. The number of carbonyl (C=O) groups excluding carboxylic acids is 1. The minimum Gasteiger partial charge on any atom is -0.322 e. The summed E-state index contributed by atoms with van der Waals surface area (Å²) in [5, 5.41) is 2.82. The van der Waals surface area contributed by atoms with Crippen LogP contribution in [0.1, 0.15) is 15.9 Å². The third-order valence-corrected chi connectivity index (χ3v) is 5.71. The summed E-state index contributed by atoms with van der Waals surface area (Å²) in [5.74, 6) is 0.585. The zero-order chi connectivity index (χ0) is 16.9. The second-order valence-electron chi connectivity index (χ2n) is 4.87. The summed E-state index contributed by atoms with van der Waals surface area (Å²) in [7, 11) is 0. The van der Waals surface area contributed by atoms with Crippen LogP contribution in [0.5, 0.6) is 0 Å². The van der Waals surface area contributed by atoms with Gasteiger partial charge in [-0.1, -0.05) is 29.3 Å². The summed E-state index contributed by atoms with van der Waals surface area (Å²) < 4.78 is 0.883. The molecule has 0 radical (unpaired) electrons. The average molecular weight is 395 g/mol. The monoisotopic (exact) mass is 394 g/mol. The van der Waals surface area contributed by atoms with Crippen LogP contribution in [0.3, 0.4) is 0 Å². The lowest BCUT2D eigenvalue weighted by Gasteiger charge is -2.06. The van der Waals surface area contributed by atoms with E-state index >= 15 is 0 Å². The Balaban J connectivity index is 1.60. The molecule has 0 aliphatic carbocycles. The number of benzene rings is 1. The topological polar surface area (TPSA) is 42.0 Å². The van der Waals surface area contributed by atoms with Crippen molar-refractivity contribution in [2.75, 3.05) is 5.32 Å². The third-order valence-electron chi connectivity index (χ3n) is 3.14. The lowest BCUT2D eigenvalue weighted by atomic mass is 10.3. The largest absolute Gasteiger partial charge is 0.322 e. The lowest BCUT2D eigenvalue weighted by Crippen LogP contribution is -2.11. The van der Waals surface area contributed by atoms with Gasteiger partial charge < -0.3 is 5.32 Å². The molecule has 3 nitrogen and oxygen atoms in total. The molecule has 1 aromatic carbocycles.